The molecule has 0 bridgehead atoms. The van der Waals surface area contributed by atoms with Gasteiger partial charge in [-0.05, 0) is 62.8 Å². The van der Waals surface area contributed by atoms with Crippen molar-refractivity contribution < 1.29 is 0 Å². The third kappa shape index (κ3) is 3.65. The molecule has 6 heteroatoms. The Morgan fingerprint density at radius 2 is 2.00 bits per heavy atom. The van der Waals surface area contributed by atoms with Crippen molar-refractivity contribution in [1.82, 2.24) is 24.1 Å². The van der Waals surface area contributed by atoms with E-state index in [1.165, 1.54) is 23.4 Å². The van der Waals surface area contributed by atoms with Crippen LogP contribution in [0.25, 0.3) is 5.65 Å². The summed E-state index contributed by atoms with van der Waals surface area (Å²) in [7, 11) is 0. The van der Waals surface area contributed by atoms with Crippen LogP contribution in [0, 0.1) is 0 Å². The zero-order valence-corrected chi connectivity index (χ0v) is 17.0. The summed E-state index contributed by atoms with van der Waals surface area (Å²) in [5.41, 5.74) is 4.91. The van der Waals surface area contributed by atoms with E-state index in [0.717, 1.165) is 44.4 Å². The number of aliphatic imine (C=N–C) groups is 1. The van der Waals surface area contributed by atoms with Crippen molar-refractivity contribution in [3.05, 3.63) is 66.0 Å². The summed E-state index contributed by atoms with van der Waals surface area (Å²) in [4.78, 5) is 12.5. The fourth-order valence-corrected chi connectivity index (χ4v) is 4.79. The van der Waals surface area contributed by atoms with Crippen molar-refractivity contribution >= 4 is 11.9 Å². The monoisotopic (exact) mass is 388 g/mol. The predicted molar refractivity (Wildman–Crippen MR) is 115 cm³/mol. The van der Waals surface area contributed by atoms with Crippen LogP contribution in [0.2, 0.25) is 0 Å². The van der Waals surface area contributed by atoms with E-state index < -0.39 is 0 Å². The van der Waals surface area contributed by atoms with E-state index in [1.807, 2.05) is 23.1 Å². The van der Waals surface area contributed by atoms with Crippen LogP contribution in [0.4, 0.5) is 0 Å². The fraction of sp³-hybridized carbons (Fsp3) is 0.435. The molecule has 150 valence electrons. The van der Waals surface area contributed by atoms with Crippen molar-refractivity contribution in [3.63, 3.8) is 0 Å². The number of imidazole rings is 1. The van der Waals surface area contributed by atoms with Crippen molar-refractivity contribution in [2.45, 2.75) is 57.7 Å². The molecule has 2 aliphatic rings. The van der Waals surface area contributed by atoms with E-state index in [0.29, 0.717) is 12.1 Å². The zero-order chi connectivity index (χ0) is 19.6. The second kappa shape index (κ2) is 7.95. The lowest BCUT2D eigenvalue weighted by Gasteiger charge is -2.42. The lowest BCUT2D eigenvalue weighted by atomic mass is 9.89. The van der Waals surface area contributed by atoms with Crippen molar-refractivity contribution in [2.75, 3.05) is 6.54 Å². The van der Waals surface area contributed by atoms with Crippen LogP contribution in [-0.2, 0) is 6.54 Å². The molecule has 5 rings (SSSR count). The van der Waals surface area contributed by atoms with Gasteiger partial charge in [-0.15, -0.1) is 0 Å². The molecule has 0 aromatic carbocycles. The molecular formula is C23H28N6. The molecule has 3 aromatic heterocycles. The highest BCUT2D eigenvalue weighted by molar-refractivity contribution is 5.62. The first-order chi connectivity index (χ1) is 14.3. The average molecular weight is 389 g/mol. The average Bonchev–Trinajstić information content (AvgIpc) is 3.42. The smallest absolute Gasteiger partial charge is 0.137 e. The predicted octanol–water partition coefficient (Wildman–Crippen LogP) is 4.27. The Hall–Kier alpha value is -2.73. The summed E-state index contributed by atoms with van der Waals surface area (Å²) in [6.45, 7) is 4.08. The number of fused-ring (bicyclic) bond motifs is 1. The van der Waals surface area contributed by atoms with Gasteiger partial charge >= 0.3 is 0 Å². The molecule has 1 saturated heterocycles. The quantitative estimate of drug-likeness (QED) is 0.656. The lowest BCUT2D eigenvalue weighted by Crippen LogP contribution is -2.45. The topological polar surface area (TPSA) is 50.7 Å². The summed E-state index contributed by atoms with van der Waals surface area (Å²) >= 11 is 0. The largest absolute Gasteiger partial charge is 0.307 e. The van der Waals surface area contributed by atoms with Crippen LogP contribution in [0.5, 0.6) is 0 Å². The van der Waals surface area contributed by atoms with Gasteiger partial charge in [0.1, 0.15) is 5.65 Å². The van der Waals surface area contributed by atoms with Gasteiger partial charge in [-0.2, -0.15) is 5.10 Å². The molecule has 0 saturated carbocycles. The molecule has 0 spiro atoms. The van der Waals surface area contributed by atoms with Crippen LogP contribution < -0.4 is 0 Å². The van der Waals surface area contributed by atoms with E-state index in [4.69, 9.17) is 9.98 Å². The molecule has 29 heavy (non-hydrogen) atoms. The Kier molecular flexibility index (Phi) is 5.02. The van der Waals surface area contributed by atoms with Gasteiger partial charge in [0.15, 0.2) is 0 Å². The van der Waals surface area contributed by atoms with E-state index in [1.54, 1.807) is 0 Å². The van der Waals surface area contributed by atoms with Gasteiger partial charge in [-0.1, -0.05) is 6.07 Å². The third-order valence-corrected chi connectivity index (χ3v) is 6.26. The maximum Gasteiger partial charge on any atom is 0.137 e. The van der Waals surface area contributed by atoms with Crippen LogP contribution >= 0.6 is 0 Å². The summed E-state index contributed by atoms with van der Waals surface area (Å²) in [5.74, 6) is 0. The van der Waals surface area contributed by atoms with Crippen molar-refractivity contribution in [3.8, 4) is 0 Å². The molecule has 2 aliphatic heterocycles. The van der Waals surface area contributed by atoms with Crippen molar-refractivity contribution in [2.24, 2.45) is 4.99 Å². The number of piperidine rings is 1. The van der Waals surface area contributed by atoms with Gasteiger partial charge in [0.05, 0.1) is 30.0 Å². The number of likely N-dealkylation sites (tertiary alicyclic amines) is 1. The molecule has 2 atom stereocenters. The standard InChI is InChI=1S/C23H28N6/c1-18-7-5-11-24-23(18)21-9-4-8-20(29(21)16-15-28-14-6-12-25-28)19-17-27-13-3-2-10-22(27)26-19/h2-3,6,10-14,17,20-21H,4-5,7-9,15-16H2,1H3. The SMILES string of the molecule is CC1=C(C2CCCC(c3cn4ccccc4n3)N2CCn2cccn2)N=CCC1. The van der Waals surface area contributed by atoms with Crippen molar-refractivity contribution in [1.29, 1.82) is 0 Å². The first-order valence-electron chi connectivity index (χ1n) is 10.7. The van der Waals surface area contributed by atoms with Gasteiger partial charge in [0.2, 0.25) is 0 Å². The van der Waals surface area contributed by atoms with Crippen LogP contribution in [-0.4, -0.2) is 42.9 Å². The molecule has 6 nitrogen and oxygen atoms in total. The summed E-state index contributed by atoms with van der Waals surface area (Å²) in [6.07, 6.45) is 16.0. The van der Waals surface area contributed by atoms with Gasteiger partial charge < -0.3 is 4.40 Å². The maximum absolute atomic E-state index is 4.97. The second-order valence-corrected chi connectivity index (χ2v) is 8.12. The molecule has 0 aliphatic carbocycles. The Balaban J connectivity index is 1.49. The zero-order valence-electron chi connectivity index (χ0n) is 17.0. The second-order valence-electron chi connectivity index (χ2n) is 8.12. The number of aromatic nitrogens is 4. The fourth-order valence-electron chi connectivity index (χ4n) is 4.79. The van der Waals surface area contributed by atoms with Gasteiger partial charge in [-0.25, -0.2) is 4.98 Å². The number of hydrogen-bond acceptors (Lipinski definition) is 4. The van der Waals surface area contributed by atoms with Crippen LogP contribution in [0.15, 0.2) is 65.3 Å². The van der Waals surface area contributed by atoms with Gasteiger partial charge in [-0.3, -0.25) is 14.6 Å². The minimum absolute atomic E-state index is 0.307. The summed E-state index contributed by atoms with van der Waals surface area (Å²) < 4.78 is 4.16. The van der Waals surface area contributed by atoms with E-state index in [9.17, 15) is 0 Å². The van der Waals surface area contributed by atoms with E-state index in [2.05, 4.69) is 58.1 Å². The normalized spacial score (nSPS) is 23.2. The van der Waals surface area contributed by atoms with E-state index >= 15 is 0 Å². The molecule has 2 unspecified atom stereocenters. The molecule has 0 N–H and O–H groups in total. The Bertz CT molecular complexity index is 996. The third-order valence-electron chi connectivity index (χ3n) is 6.26. The molecule has 1 fully saturated rings. The number of allylic oxidation sites excluding steroid dienone is 1. The first kappa shape index (κ1) is 18.3. The van der Waals surface area contributed by atoms with Crippen LogP contribution in [0.1, 0.15) is 50.8 Å². The minimum Gasteiger partial charge on any atom is -0.307 e. The number of nitrogens with zero attached hydrogens (tertiary/aromatic N) is 6. The maximum atomic E-state index is 4.97. The Morgan fingerprint density at radius 3 is 2.83 bits per heavy atom. The molecule has 0 radical (unpaired) electrons. The summed E-state index contributed by atoms with van der Waals surface area (Å²) in [5, 5.41) is 4.41. The molecular weight excluding hydrogens is 360 g/mol. The minimum atomic E-state index is 0.307. The van der Waals surface area contributed by atoms with Gasteiger partial charge in [0, 0.05) is 37.5 Å². The number of hydrogen-bond donors (Lipinski definition) is 0. The highest BCUT2D eigenvalue weighted by atomic mass is 15.3. The molecule has 5 heterocycles. The first-order valence-corrected chi connectivity index (χ1v) is 10.7. The molecule has 3 aromatic rings. The highest BCUT2D eigenvalue weighted by Gasteiger charge is 2.35. The lowest BCUT2D eigenvalue weighted by molar-refractivity contribution is 0.0924. The Labute approximate surface area is 171 Å². The highest BCUT2D eigenvalue weighted by Crippen LogP contribution is 2.38. The molecule has 0 amide bonds. The van der Waals surface area contributed by atoms with Crippen LogP contribution in [0.3, 0.4) is 0 Å². The van der Waals surface area contributed by atoms with Gasteiger partial charge in [0.25, 0.3) is 0 Å². The number of rotatable bonds is 5. The number of pyridine rings is 1. The summed E-state index contributed by atoms with van der Waals surface area (Å²) in [6, 6.07) is 8.84. The Morgan fingerprint density at radius 1 is 1.07 bits per heavy atom. The van der Waals surface area contributed by atoms with E-state index in [-0.39, 0.29) is 0 Å².